The van der Waals surface area contributed by atoms with E-state index in [1.54, 1.807) is 31.0 Å². The first-order chi connectivity index (χ1) is 13.1. The summed E-state index contributed by atoms with van der Waals surface area (Å²) in [6, 6.07) is 5.77. The van der Waals surface area contributed by atoms with Crippen molar-refractivity contribution < 1.29 is 4.79 Å². The summed E-state index contributed by atoms with van der Waals surface area (Å²) in [6.45, 7) is 5.98. The molecule has 27 heavy (non-hydrogen) atoms. The lowest BCUT2D eigenvalue weighted by molar-refractivity contribution is 0.102. The molecule has 4 rings (SSSR count). The number of rotatable bonds is 4. The van der Waals surface area contributed by atoms with Crippen LogP contribution >= 0.6 is 0 Å². The molecule has 4 heterocycles. The number of nitrogens with one attached hydrogen (secondary N) is 1. The highest BCUT2D eigenvalue weighted by atomic mass is 16.2. The van der Waals surface area contributed by atoms with E-state index in [2.05, 4.69) is 25.4 Å². The third-order valence-corrected chi connectivity index (χ3v) is 4.29. The Balaban J connectivity index is 1.82. The largest absolute Gasteiger partial charge is 0.305 e. The Kier molecular flexibility index (Phi) is 4.15. The van der Waals surface area contributed by atoms with Crippen LogP contribution in [0.1, 0.15) is 35.9 Å². The minimum absolute atomic E-state index is 0.164. The first kappa shape index (κ1) is 16.9. The van der Waals surface area contributed by atoms with Crippen LogP contribution in [0.4, 0.5) is 5.82 Å². The summed E-state index contributed by atoms with van der Waals surface area (Å²) in [7, 11) is 0. The van der Waals surface area contributed by atoms with E-state index in [0.29, 0.717) is 22.9 Å². The highest BCUT2D eigenvalue weighted by Crippen LogP contribution is 2.25. The molecule has 0 aliphatic heterocycles. The lowest BCUT2D eigenvalue weighted by Gasteiger charge is -2.09. The molecule has 8 nitrogen and oxygen atoms in total. The van der Waals surface area contributed by atoms with Crippen LogP contribution in [0.3, 0.4) is 0 Å². The highest BCUT2D eigenvalue weighted by Gasteiger charge is 2.22. The zero-order valence-electron chi connectivity index (χ0n) is 15.3. The van der Waals surface area contributed by atoms with Crippen LogP contribution in [0, 0.1) is 6.92 Å². The molecule has 136 valence electrons. The number of imidazole rings is 1. The van der Waals surface area contributed by atoms with Gasteiger partial charge in [-0.1, -0.05) is 6.07 Å². The molecule has 0 bridgehead atoms. The molecule has 0 fully saturated rings. The SMILES string of the molecule is Cc1cccnc1NC(=O)c1nc(-c2ccnn2C(C)C)n2ccncc12. The fourth-order valence-electron chi connectivity index (χ4n) is 2.97. The summed E-state index contributed by atoms with van der Waals surface area (Å²) >= 11 is 0. The average molecular weight is 361 g/mol. The van der Waals surface area contributed by atoms with Crippen molar-refractivity contribution in [2.24, 2.45) is 0 Å². The standard InChI is InChI=1S/C19H19N7O/c1-12(2)26-14(6-8-22-26)18-23-16(15-11-20-9-10-25(15)18)19(27)24-17-13(3)5-4-7-21-17/h4-12H,1-3H3,(H,21,24,27). The van der Waals surface area contributed by atoms with E-state index in [1.165, 1.54) is 0 Å². The van der Waals surface area contributed by atoms with Gasteiger partial charge in [0.1, 0.15) is 11.5 Å². The first-order valence-corrected chi connectivity index (χ1v) is 8.65. The summed E-state index contributed by atoms with van der Waals surface area (Å²) in [5.41, 5.74) is 2.62. The molecule has 0 atom stereocenters. The Labute approximate surface area is 155 Å². The molecular weight excluding hydrogens is 342 g/mol. The number of pyridine rings is 1. The van der Waals surface area contributed by atoms with Crippen LogP contribution in [0.15, 0.2) is 49.2 Å². The molecule has 1 N–H and O–H groups in total. The molecule has 4 aromatic heterocycles. The van der Waals surface area contributed by atoms with Crippen LogP contribution in [0.25, 0.3) is 17.0 Å². The maximum Gasteiger partial charge on any atom is 0.277 e. The van der Waals surface area contributed by atoms with Gasteiger partial charge in [-0.3, -0.25) is 18.9 Å². The number of nitrogens with zero attached hydrogens (tertiary/aromatic N) is 6. The summed E-state index contributed by atoms with van der Waals surface area (Å²) in [6.07, 6.45) is 8.46. The van der Waals surface area contributed by atoms with Crippen LogP contribution < -0.4 is 5.32 Å². The molecule has 0 spiro atoms. The average Bonchev–Trinajstić information content (AvgIpc) is 3.28. The van der Waals surface area contributed by atoms with Gasteiger partial charge in [-0.25, -0.2) is 9.97 Å². The molecule has 0 saturated carbocycles. The Hall–Kier alpha value is -3.55. The van der Waals surface area contributed by atoms with Gasteiger partial charge in [0.25, 0.3) is 5.91 Å². The zero-order valence-corrected chi connectivity index (χ0v) is 15.3. The van der Waals surface area contributed by atoms with E-state index < -0.39 is 0 Å². The van der Waals surface area contributed by atoms with Crippen molar-refractivity contribution >= 4 is 17.2 Å². The Morgan fingerprint density at radius 2 is 2.04 bits per heavy atom. The van der Waals surface area contributed by atoms with Gasteiger partial charge in [0.2, 0.25) is 0 Å². The first-order valence-electron chi connectivity index (χ1n) is 8.65. The van der Waals surface area contributed by atoms with Crippen molar-refractivity contribution in [3.63, 3.8) is 0 Å². The number of fused-ring (bicyclic) bond motifs is 1. The monoisotopic (exact) mass is 361 g/mol. The third kappa shape index (κ3) is 2.95. The van der Waals surface area contributed by atoms with Crippen molar-refractivity contribution in [1.29, 1.82) is 0 Å². The summed E-state index contributed by atoms with van der Waals surface area (Å²) < 4.78 is 3.73. The molecule has 0 aromatic carbocycles. The number of hydrogen-bond acceptors (Lipinski definition) is 5. The number of carbonyl (C=O) groups is 1. The normalized spacial score (nSPS) is 11.3. The minimum atomic E-state index is -0.329. The van der Waals surface area contributed by atoms with Gasteiger partial charge in [0, 0.05) is 30.8 Å². The van der Waals surface area contributed by atoms with Crippen LogP contribution in [0.2, 0.25) is 0 Å². The third-order valence-electron chi connectivity index (χ3n) is 4.29. The second-order valence-electron chi connectivity index (χ2n) is 6.49. The Bertz CT molecular complexity index is 1130. The molecule has 8 heteroatoms. The van der Waals surface area contributed by atoms with Crippen molar-refractivity contribution in [2.45, 2.75) is 26.8 Å². The molecule has 0 radical (unpaired) electrons. The molecule has 0 saturated heterocycles. The van der Waals surface area contributed by atoms with E-state index in [-0.39, 0.29) is 11.9 Å². The number of amides is 1. The van der Waals surface area contributed by atoms with Crippen LogP contribution in [0.5, 0.6) is 0 Å². The second-order valence-corrected chi connectivity index (χ2v) is 6.49. The van der Waals surface area contributed by atoms with Gasteiger partial charge in [0.05, 0.1) is 11.7 Å². The van der Waals surface area contributed by atoms with E-state index in [1.807, 2.05) is 48.1 Å². The topological polar surface area (TPSA) is 90.0 Å². The number of aromatic nitrogens is 6. The summed E-state index contributed by atoms with van der Waals surface area (Å²) in [5, 5.41) is 7.21. The van der Waals surface area contributed by atoms with Gasteiger partial charge >= 0.3 is 0 Å². The van der Waals surface area contributed by atoms with E-state index in [4.69, 9.17) is 0 Å². The summed E-state index contributed by atoms with van der Waals surface area (Å²) in [5.74, 6) is 0.826. The van der Waals surface area contributed by atoms with Crippen molar-refractivity contribution in [1.82, 2.24) is 29.1 Å². The van der Waals surface area contributed by atoms with Gasteiger partial charge in [-0.05, 0) is 38.5 Å². The molecule has 1 amide bonds. The van der Waals surface area contributed by atoms with Gasteiger partial charge in [-0.15, -0.1) is 0 Å². The van der Waals surface area contributed by atoms with Crippen molar-refractivity contribution in [2.75, 3.05) is 5.32 Å². The predicted molar refractivity (Wildman–Crippen MR) is 102 cm³/mol. The maximum absolute atomic E-state index is 12.9. The van der Waals surface area contributed by atoms with E-state index >= 15 is 0 Å². The Morgan fingerprint density at radius 3 is 2.81 bits per heavy atom. The van der Waals surface area contributed by atoms with Crippen LogP contribution in [-0.4, -0.2) is 35.0 Å². The van der Waals surface area contributed by atoms with E-state index in [9.17, 15) is 4.79 Å². The number of anilines is 1. The predicted octanol–water partition coefficient (Wildman–Crippen LogP) is 3.13. The summed E-state index contributed by atoms with van der Waals surface area (Å²) in [4.78, 5) is 25.9. The minimum Gasteiger partial charge on any atom is -0.305 e. The Morgan fingerprint density at radius 1 is 1.19 bits per heavy atom. The van der Waals surface area contributed by atoms with E-state index in [0.717, 1.165) is 11.3 Å². The van der Waals surface area contributed by atoms with Crippen molar-refractivity contribution in [3.05, 3.63) is 60.4 Å². The second kappa shape index (κ2) is 6.64. The smallest absolute Gasteiger partial charge is 0.277 e. The fraction of sp³-hybridized carbons (Fsp3) is 0.211. The molecule has 0 unspecified atom stereocenters. The maximum atomic E-state index is 12.9. The van der Waals surface area contributed by atoms with Gasteiger partial charge in [0.15, 0.2) is 11.5 Å². The fourth-order valence-corrected chi connectivity index (χ4v) is 2.97. The van der Waals surface area contributed by atoms with Crippen LogP contribution in [-0.2, 0) is 0 Å². The van der Waals surface area contributed by atoms with Crippen molar-refractivity contribution in [3.8, 4) is 11.5 Å². The van der Waals surface area contributed by atoms with Gasteiger partial charge in [-0.2, -0.15) is 5.10 Å². The molecule has 4 aromatic rings. The lowest BCUT2D eigenvalue weighted by Crippen LogP contribution is -2.14. The van der Waals surface area contributed by atoms with Gasteiger partial charge < -0.3 is 5.32 Å². The zero-order chi connectivity index (χ0) is 19.0. The number of carbonyl (C=O) groups excluding carboxylic acids is 1. The highest BCUT2D eigenvalue weighted by molar-refractivity contribution is 6.07. The number of aryl methyl sites for hydroxylation is 1. The molecule has 0 aliphatic rings. The molecule has 0 aliphatic carbocycles. The quantitative estimate of drug-likeness (QED) is 0.603. The number of hydrogen-bond donors (Lipinski definition) is 1. The molecular formula is C19H19N7O. The lowest BCUT2D eigenvalue weighted by atomic mass is 10.3.